The largest absolute Gasteiger partial charge is 0.0888 e. The Morgan fingerprint density at radius 1 is 0.404 bits per heavy atom. The van der Waals surface area contributed by atoms with Gasteiger partial charge in [0, 0.05) is 15.2 Å². The Hall–Kier alpha value is -6.15. The van der Waals surface area contributed by atoms with Crippen LogP contribution < -0.4 is 0 Å². The summed E-state index contributed by atoms with van der Waals surface area (Å²) in [5, 5.41) is 2.03. The molecule has 0 nitrogen and oxygen atoms in total. The number of rotatable bonds is 2. The van der Waals surface area contributed by atoms with Gasteiger partial charge in [-0.2, -0.15) is 0 Å². The van der Waals surface area contributed by atoms with Gasteiger partial charge in [0.2, 0.25) is 0 Å². The van der Waals surface area contributed by atoms with Gasteiger partial charge in [0.25, 0.3) is 0 Å². The molecule has 0 saturated carbocycles. The van der Waals surface area contributed by atoms with Crippen LogP contribution in [-0.4, -0.2) is 0 Å². The van der Waals surface area contributed by atoms with E-state index < -0.39 is 17.5 Å². The minimum atomic E-state index is -1.07. The third-order valence-electron chi connectivity index (χ3n) is 11.1. The van der Waals surface area contributed by atoms with Crippen LogP contribution in [0.3, 0.4) is 0 Å². The molecule has 1 heterocycles. The van der Waals surface area contributed by atoms with Crippen molar-refractivity contribution in [2.75, 3.05) is 0 Å². The third-order valence-corrected chi connectivity index (χ3v) is 12.3. The fourth-order valence-corrected chi connectivity index (χ4v) is 10.2. The molecule has 2 aliphatic carbocycles. The molecule has 0 radical (unpaired) electrons. The minimum Gasteiger partial charge on any atom is -0.0888 e. The van der Waals surface area contributed by atoms with E-state index in [1.807, 2.05) is 60.7 Å². The molecule has 9 aromatic carbocycles. The molecule has 0 fully saturated rings. The van der Waals surface area contributed by atoms with Gasteiger partial charge in [0.1, 0.15) is 0 Å². The molecule has 3 aliphatic rings. The van der Waals surface area contributed by atoms with E-state index in [0.717, 1.165) is 76.2 Å². The van der Waals surface area contributed by atoms with Gasteiger partial charge in [0.15, 0.2) is 0 Å². The summed E-state index contributed by atoms with van der Waals surface area (Å²) >= 11 is 1.63. The number of hydrogen-bond acceptors (Lipinski definition) is 1. The predicted molar refractivity (Wildman–Crippen MR) is 218 cm³/mol. The normalized spacial score (nSPS) is 18.7. The second-order valence-electron chi connectivity index (χ2n) is 13.5. The van der Waals surface area contributed by atoms with Crippen LogP contribution in [0, 0.1) is 0 Å². The molecule has 0 saturated heterocycles. The molecular formula is C51H30S. The zero-order chi connectivity index (χ0) is 43.5. The summed E-state index contributed by atoms with van der Waals surface area (Å²) in [6.07, 6.45) is 0. The molecule has 1 unspecified atom stereocenters. The molecule has 0 N–H and O–H groups in total. The molecule has 0 aromatic heterocycles. The van der Waals surface area contributed by atoms with Gasteiger partial charge in [-0.1, -0.05) is 169 Å². The summed E-state index contributed by atoms with van der Waals surface area (Å²) in [5.74, 6) is 0. The first kappa shape index (κ1) is 20.0. The van der Waals surface area contributed by atoms with E-state index in [4.69, 9.17) is 11.0 Å². The van der Waals surface area contributed by atoms with Crippen molar-refractivity contribution in [2.45, 2.75) is 15.2 Å². The van der Waals surface area contributed by atoms with Crippen LogP contribution in [0.1, 0.15) is 37.3 Å². The summed E-state index contributed by atoms with van der Waals surface area (Å²) in [4.78, 5) is 2.06. The summed E-state index contributed by atoms with van der Waals surface area (Å²) in [7, 11) is 0. The highest BCUT2D eigenvalue weighted by Crippen LogP contribution is 2.64. The van der Waals surface area contributed by atoms with Crippen LogP contribution in [0.4, 0.5) is 0 Å². The average Bonchev–Trinajstić information content (AvgIpc) is 3.78. The molecule has 0 bridgehead atoms. The van der Waals surface area contributed by atoms with Crippen molar-refractivity contribution in [2.24, 2.45) is 0 Å². The lowest BCUT2D eigenvalue weighted by Crippen LogP contribution is -2.25. The van der Waals surface area contributed by atoms with Crippen LogP contribution in [0.2, 0.25) is 0 Å². The van der Waals surface area contributed by atoms with Crippen molar-refractivity contribution in [1.29, 1.82) is 0 Å². The fourth-order valence-electron chi connectivity index (χ4n) is 9.05. The van der Waals surface area contributed by atoms with Crippen molar-refractivity contribution in [3.63, 3.8) is 0 Å². The van der Waals surface area contributed by atoms with Gasteiger partial charge in [-0.25, -0.2) is 0 Å². The zero-order valence-corrected chi connectivity index (χ0v) is 28.2. The van der Waals surface area contributed by atoms with Gasteiger partial charge in [-0.3, -0.25) is 0 Å². The third kappa shape index (κ3) is 3.63. The van der Waals surface area contributed by atoms with Crippen LogP contribution in [0.5, 0.6) is 0 Å². The molecule has 52 heavy (non-hydrogen) atoms. The monoisotopic (exact) mass is 685 g/mol. The summed E-state index contributed by atoms with van der Waals surface area (Å²) in [6, 6.07) is 35.2. The molecule has 1 spiro atoms. The molecule has 12 rings (SSSR count). The lowest BCUT2D eigenvalue weighted by molar-refractivity contribution is 0.795. The average molecular weight is 686 g/mol. The molecule has 1 heteroatoms. The number of hydrogen-bond donors (Lipinski definition) is 0. The van der Waals surface area contributed by atoms with Crippen LogP contribution in [-0.2, 0) is 5.41 Å². The fraction of sp³-hybridized carbons (Fsp3) is 0.0196. The molecule has 9 aromatic rings. The Morgan fingerprint density at radius 3 is 2.00 bits per heavy atom. The van der Waals surface area contributed by atoms with Crippen molar-refractivity contribution in [3.8, 4) is 55.6 Å². The first-order chi connectivity index (χ1) is 30.4. The maximum atomic E-state index is 9.77. The maximum Gasteiger partial charge on any atom is 0.0725 e. The topological polar surface area (TPSA) is 0 Å². The Bertz CT molecular complexity index is 3610. The standard InChI is InChI=1S/C51H30S/c1-2-11-31(12-3-1)35-25-28-48-50-39(35)17-10-18-40(50)42-29-33(23-27-47(42)52-48)34-21-24-38-37-15-6-8-19-43(37)51(46(38)30-34)44-20-9-7-16-41(44)49-36-14-5-4-13-32(36)22-26-45(49)51/h1-30H/i1D,2D,3D,4D,5D,11D,12D,13D,14D,22D,26D. The molecular weight excluding hydrogens is 645 g/mol. The quantitative estimate of drug-likeness (QED) is 0.175. The second-order valence-corrected chi connectivity index (χ2v) is 14.6. The van der Waals surface area contributed by atoms with Crippen LogP contribution in [0.15, 0.2) is 192 Å². The lowest BCUT2D eigenvalue weighted by Gasteiger charge is -2.31. The van der Waals surface area contributed by atoms with Crippen LogP contribution >= 0.6 is 11.8 Å². The van der Waals surface area contributed by atoms with E-state index in [1.165, 1.54) is 0 Å². The predicted octanol–water partition coefficient (Wildman–Crippen LogP) is 13.8. The lowest BCUT2D eigenvalue weighted by atomic mass is 9.70. The first-order valence-electron chi connectivity index (χ1n) is 22.7. The smallest absolute Gasteiger partial charge is 0.0725 e. The maximum absolute atomic E-state index is 9.77. The second kappa shape index (κ2) is 10.4. The van der Waals surface area contributed by atoms with Gasteiger partial charge in [-0.05, 0) is 118 Å². The van der Waals surface area contributed by atoms with Crippen LogP contribution in [0.25, 0.3) is 77.2 Å². The van der Waals surface area contributed by atoms with Crippen molar-refractivity contribution < 1.29 is 15.1 Å². The Labute approximate surface area is 322 Å². The van der Waals surface area contributed by atoms with E-state index in [2.05, 4.69) is 54.6 Å². The Balaban J connectivity index is 1.10. The molecule has 1 aliphatic heterocycles. The number of benzene rings is 9. The highest BCUT2D eigenvalue weighted by atomic mass is 32.2. The van der Waals surface area contributed by atoms with E-state index in [0.29, 0.717) is 16.7 Å². The summed E-state index contributed by atoms with van der Waals surface area (Å²) in [5.41, 5.74) is 10.1. The Morgan fingerprint density at radius 2 is 1.10 bits per heavy atom. The molecule has 1 atom stereocenters. The first-order valence-corrected chi connectivity index (χ1v) is 18.0. The van der Waals surface area contributed by atoms with Crippen molar-refractivity contribution >= 4 is 33.3 Å². The van der Waals surface area contributed by atoms with E-state index >= 15 is 0 Å². The summed E-state index contributed by atoms with van der Waals surface area (Å²) in [6.45, 7) is 0. The summed E-state index contributed by atoms with van der Waals surface area (Å²) < 4.78 is 96.7. The van der Waals surface area contributed by atoms with Gasteiger partial charge < -0.3 is 0 Å². The van der Waals surface area contributed by atoms with Crippen molar-refractivity contribution in [3.05, 3.63) is 204 Å². The zero-order valence-electron chi connectivity index (χ0n) is 38.4. The van der Waals surface area contributed by atoms with E-state index in [-0.39, 0.29) is 70.7 Å². The molecule has 0 amide bonds. The minimum absolute atomic E-state index is 0.0424. The molecule has 240 valence electrons. The highest BCUT2D eigenvalue weighted by molar-refractivity contribution is 7.99. The van der Waals surface area contributed by atoms with E-state index in [1.54, 1.807) is 11.8 Å². The number of fused-ring (bicyclic) bond motifs is 14. The SMILES string of the molecule is [2H]c1c([2H])c([2H])c(-c2ccc3c4c(cccc24)-c2cc(-c4ccc5c(c4)C4(c6ccccc6-5)c5ccccc5-c5c4c([2H])c([2H])c4c([2H])c([2H])c([2H])c([2H])c54)ccc2S3)c([2H])c1[2H]. The van der Waals surface area contributed by atoms with E-state index in [9.17, 15) is 4.11 Å². The van der Waals surface area contributed by atoms with Gasteiger partial charge >= 0.3 is 0 Å². The Kier molecular flexibility index (Phi) is 4.03. The van der Waals surface area contributed by atoms with Crippen molar-refractivity contribution in [1.82, 2.24) is 0 Å². The van der Waals surface area contributed by atoms with Gasteiger partial charge in [0.05, 0.1) is 20.5 Å². The van der Waals surface area contributed by atoms with Gasteiger partial charge in [-0.15, -0.1) is 0 Å². The highest BCUT2D eigenvalue weighted by Gasteiger charge is 2.52.